The van der Waals surface area contributed by atoms with Gasteiger partial charge < -0.3 is 10.1 Å². The summed E-state index contributed by atoms with van der Waals surface area (Å²) in [6.07, 6.45) is 1.83. The van der Waals surface area contributed by atoms with Crippen molar-refractivity contribution in [3.05, 3.63) is 23.8 Å². The third kappa shape index (κ3) is 1.71. The quantitative estimate of drug-likeness (QED) is 0.817. The Morgan fingerprint density at radius 2 is 2.29 bits per heavy atom. The lowest BCUT2D eigenvalue weighted by Crippen LogP contribution is -2.22. The van der Waals surface area contributed by atoms with Crippen molar-refractivity contribution >= 4 is 23.4 Å². The van der Waals surface area contributed by atoms with Crippen LogP contribution in [0, 0.1) is 0 Å². The minimum Gasteiger partial charge on any atom is -0.468 e. The van der Waals surface area contributed by atoms with E-state index in [-0.39, 0.29) is 11.4 Å². The second-order valence-corrected chi connectivity index (χ2v) is 5.70. The number of thioether (sulfide) groups is 1. The van der Waals surface area contributed by atoms with Crippen LogP contribution < -0.4 is 5.32 Å². The molecule has 17 heavy (non-hydrogen) atoms. The van der Waals surface area contributed by atoms with Gasteiger partial charge >= 0.3 is 5.97 Å². The van der Waals surface area contributed by atoms with Gasteiger partial charge in [-0.25, -0.2) is 0 Å². The van der Waals surface area contributed by atoms with Crippen molar-refractivity contribution in [3.63, 3.8) is 0 Å². The van der Waals surface area contributed by atoms with Crippen molar-refractivity contribution in [2.45, 2.75) is 23.2 Å². The fourth-order valence-corrected chi connectivity index (χ4v) is 3.29. The number of hydrogen-bond donors (Lipinski definition) is 1. The molecule has 0 amide bonds. The Morgan fingerprint density at radius 1 is 1.47 bits per heavy atom. The van der Waals surface area contributed by atoms with Gasteiger partial charge in [-0.15, -0.1) is 11.8 Å². The minimum atomic E-state index is -0.345. The lowest BCUT2D eigenvalue weighted by atomic mass is 9.96. The van der Waals surface area contributed by atoms with Crippen LogP contribution in [-0.4, -0.2) is 25.4 Å². The third-order valence-corrected chi connectivity index (χ3v) is 4.59. The maximum absolute atomic E-state index is 11.8. The van der Waals surface area contributed by atoms with Crippen LogP contribution in [-0.2, 0) is 14.9 Å². The van der Waals surface area contributed by atoms with Crippen LogP contribution in [0.2, 0.25) is 0 Å². The number of carbonyl (C=O) groups is 1. The highest BCUT2D eigenvalue weighted by molar-refractivity contribution is 7.99. The van der Waals surface area contributed by atoms with Crippen LogP contribution >= 0.6 is 11.8 Å². The van der Waals surface area contributed by atoms with E-state index in [2.05, 4.69) is 23.5 Å². The second kappa shape index (κ2) is 3.95. The average molecular weight is 249 g/mol. The summed E-state index contributed by atoms with van der Waals surface area (Å²) in [7, 11) is 1.47. The highest BCUT2D eigenvalue weighted by Gasteiger charge is 2.52. The number of fused-ring (bicyclic) bond motifs is 1. The molecule has 3 nitrogen and oxygen atoms in total. The highest BCUT2D eigenvalue weighted by Crippen LogP contribution is 2.50. The molecule has 0 bridgehead atoms. The summed E-state index contributed by atoms with van der Waals surface area (Å²) < 4.78 is 4.91. The normalized spacial score (nSPS) is 20.1. The number of benzene rings is 1. The van der Waals surface area contributed by atoms with E-state index < -0.39 is 0 Å². The monoisotopic (exact) mass is 249 g/mol. The molecule has 0 radical (unpaired) electrons. The number of methoxy groups -OCH3 is 1. The molecule has 2 aliphatic rings. The zero-order valence-corrected chi connectivity index (χ0v) is 10.6. The fraction of sp³-hybridized carbons (Fsp3) is 0.462. The van der Waals surface area contributed by atoms with Crippen LogP contribution in [0.25, 0.3) is 0 Å². The topological polar surface area (TPSA) is 38.3 Å². The molecule has 1 aliphatic heterocycles. The molecule has 90 valence electrons. The van der Waals surface area contributed by atoms with Crippen molar-refractivity contribution < 1.29 is 9.53 Å². The number of ether oxygens (including phenoxy) is 1. The molecule has 0 atom stereocenters. The maximum atomic E-state index is 11.8. The Balaban J connectivity index is 1.96. The largest absolute Gasteiger partial charge is 0.468 e. The lowest BCUT2D eigenvalue weighted by Gasteiger charge is -2.20. The first-order chi connectivity index (χ1) is 8.26. The molecular formula is C13H15NO2S. The van der Waals surface area contributed by atoms with Gasteiger partial charge in [0.25, 0.3) is 0 Å². The van der Waals surface area contributed by atoms with Gasteiger partial charge in [0.2, 0.25) is 0 Å². The van der Waals surface area contributed by atoms with Gasteiger partial charge in [0.1, 0.15) is 0 Å². The van der Waals surface area contributed by atoms with Crippen LogP contribution in [0.1, 0.15) is 18.4 Å². The van der Waals surface area contributed by atoms with Crippen LogP contribution in [0.4, 0.5) is 5.69 Å². The maximum Gasteiger partial charge on any atom is 0.316 e. The first-order valence-electron chi connectivity index (χ1n) is 5.86. The Labute approximate surface area is 105 Å². The Hall–Kier alpha value is -1.16. The SMILES string of the molecule is COC(=O)C1(c2ccc3c(c2)SCCN3)CC1. The molecular weight excluding hydrogens is 234 g/mol. The predicted molar refractivity (Wildman–Crippen MR) is 68.6 cm³/mol. The molecule has 0 saturated heterocycles. The summed E-state index contributed by atoms with van der Waals surface area (Å²) in [6.45, 7) is 1.01. The van der Waals surface area contributed by atoms with E-state index in [0.29, 0.717) is 0 Å². The number of anilines is 1. The van der Waals surface area contributed by atoms with Gasteiger partial charge in [0.05, 0.1) is 12.5 Å². The number of rotatable bonds is 2. The smallest absolute Gasteiger partial charge is 0.316 e. The minimum absolute atomic E-state index is 0.0915. The second-order valence-electron chi connectivity index (χ2n) is 4.56. The van der Waals surface area contributed by atoms with E-state index >= 15 is 0 Å². The summed E-state index contributed by atoms with van der Waals surface area (Å²) in [4.78, 5) is 13.1. The molecule has 1 aliphatic carbocycles. The number of nitrogens with one attached hydrogen (secondary N) is 1. The van der Waals surface area contributed by atoms with Gasteiger partial charge in [0, 0.05) is 22.9 Å². The zero-order chi connectivity index (χ0) is 11.9. The van der Waals surface area contributed by atoms with E-state index in [4.69, 9.17) is 4.74 Å². The first kappa shape index (κ1) is 11.0. The van der Waals surface area contributed by atoms with Crippen molar-refractivity contribution in [3.8, 4) is 0 Å². The van der Waals surface area contributed by atoms with Gasteiger partial charge in [-0.1, -0.05) is 6.07 Å². The zero-order valence-electron chi connectivity index (χ0n) is 9.79. The van der Waals surface area contributed by atoms with Crippen molar-refractivity contribution in [1.82, 2.24) is 0 Å². The third-order valence-electron chi connectivity index (χ3n) is 3.54. The first-order valence-corrected chi connectivity index (χ1v) is 6.84. The van der Waals surface area contributed by atoms with Crippen LogP contribution in [0.5, 0.6) is 0 Å². The molecule has 1 N–H and O–H groups in total. The number of hydrogen-bond acceptors (Lipinski definition) is 4. The molecule has 1 heterocycles. The molecule has 1 saturated carbocycles. The summed E-state index contributed by atoms with van der Waals surface area (Å²) in [6, 6.07) is 6.29. The molecule has 1 aromatic rings. The summed E-state index contributed by atoms with van der Waals surface area (Å²) >= 11 is 1.85. The van der Waals surface area contributed by atoms with Gasteiger partial charge in [-0.3, -0.25) is 4.79 Å². The molecule has 1 aromatic carbocycles. The molecule has 0 aromatic heterocycles. The molecule has 4 heteroatoms. The van der Waals surface area contributed by atoms with Gasteiger partial charge in [0.15, 0.2) is 0 Å². The van der Waals surface area contributed by atoms with E-state index in [1.807, 2.05) is 11.8 Å². The predicted octanol–water partition coefficient (Wildman–Crippen LogP) is 2.41. The van der Waals surface area contributed by atoms with Crippen molar-refractivity contribution in [2.24, 2.45) is 0 Å². The average Bonchev–Trinajstić information content (AvgIpc) is 3.19. The summed E-state index contributed by atoms with van der Waals surface area (Å²) in [5.74, 6) is 0.994. The van der Waals surface area contributed by atoms with Gasteiger partial charge in [-0.2, -0.15) is 0 Å². The number of esters is 1. The van der Waals surface area contributed by atoms with Crippen molar-refractivity contribution in [1.29, 1.82) is 0 Å². The standard InChI is InChI=1S/C13H15NO2S/c1-16-12(15)13(4-5-13)9-2-3-10-11(8-9)17-7-6-14-10/h2-3,8,14H,4-7H2,1H3. The fourth-order valence-electron chi connectivity index (χ4n) is 2.36. The summed E-state index contributed by atoms with van der Waals surface area (Å²) in [5.41, 5.74) is 1.95. The van der Waals surface area contributed by atoms with E-state index in [9.17, 15) is 4.79 Å². The molecule has 0 unspecified atom stereocenters. The Morgan fingerprint density at radius 3 is 3.00 bits per heavy atom. The van der Waals surface area contributed by atoms with E-state index in [1.54, 1.807) is 0 Å². The molecule has 3 rings (SSSR count). The van der Waals surface area contributed by atoms with Crippen molar-refractivity contribution in [2.75, 3.05) is 24.7 Å². The lowest BCUT2D eigenvalue weighted by molar-refractivity contribution is -0.143. The van der Waals surface area contributed by atoms with E-state index in [0.717, 1.165) is 30.7 Å². The van der Waals surface area contributed by atoms with Crippen LogP contribution in [0.3, 0.4) is 0 Å². The van der Waals surface area contributed by atoms with E-state index in [1.165, 1.54) is 17.7 Å². The molecule has 0 spiro atoms. The number of carbonyl (C=O) groups excluding carboxylic acids is 1. The Kier molecular flexibility index (Phi) is 2.54. The Bertz CT molecular complexity index is 468. The summed E-state index contributed by atoms with van der Waals surface area (Å²) in [5, 5.41) is 3.37. The highest BCUT2D eigenvalue weighted by atomic mass is 32.2. The van der Waals surface area contributed by atoms with Crippen LogP contribution in [0.15, 0.2) is 23.1 Å². The molecule has 1 fully saturated rings. The van der Waals surface area contributed by atoms with Gasteiger partial charge in [-0.05, 0) is 30.5 Å².